The molecule has 0 unspecified atom stereocenters. The molecule has 0 spiro atoms. The molecule has 1 heterocycles. The van der Waals surface area contributed by atoms with Gasteiger partial charge in [-0.25, -0.2) is 4.98 Å². The van der Waals surface area contributed by atoms with Gasteiger partial charge < -0.3 is 11.1 Å². The number of nitrogens with two attached hydrogens (primary N) is 1. The second-order valence-electron chi connectivity index (χ2n) is 2.11. The molecule has 1 aromatic rings. The molecule has 12 heavy (non-hydrogen) atoms. The fourth-order valence-electron chi connectivity index (χ4n) is 0.680. The summed E-state index contributed by atoms with van der Waals surface area (Å²) in [6.07, 6.45) is 3.16. The third-order valence-electron chi connectivity index (χ3n) is 1.20. The van der Waals surface area contributed by atoms with E-state index in [2.05, 4.69) is 21.9 Å². The molecule has 4 nitrogen and oxygen atoms in total. The fraction of sp³-hybridized carbons (Fsp3) is 0.143. The minimum absolute atomic E-state index is 0.177. The molecule has 0 amide bonds. The molecular formula is C7H9ClN4. The molecule has 0 aliphatic carbocycles. The Morgan fingerprint density at radius 2 is 2.50 bits per heavy atom. The van der Waals surface area contributed by atoms with E-state index in [0.717, 1.165) is 0 Å². The molecular weight excluding hydrogens is 176 g/mol. The quantitative estimate of drug-likeness (QED) is 0.549. The average molecular weight is 185 g/mol. The van der Waals surface area contributed by atoms with Crippen LogP contribution in [0, 0.1) is 0 Å². The molecule has 3 N–H and O–H groups in total. The largest absolute Gasteiger partial charge is 0.394 e. The summed E-state index contributed by atoms with van der Waals surface area (Å²) in [5, 5.41) is 3.10. The van der Waals surface area contributed by atoms with Crippen LogP contribution in [0.25, 0.3) is 0 Å². The summed E-state index contributed by atoms with van der Waals surface area (Å²) in [6.45, 7) is 4.14. The molecule has 1 aromatic heterocycles. The highest BCUT2D eigenvalue weighted by Gasteiger charge is 2.00. The summed E-state index contributed by atoms with van der Waals surface area (Å²) < 4.78 is 0. The van der Waals surface area contributed by atoms with Gasteiger partial charge in [-0.1, -0.05) is 6.08 Å². The SMILES string of the molecule is C=CCNc1nc(Cl)ncc1N. The summed E-state index contributed by atoms with van der Waals surface area (Å²) in [7, 11) is 0. The van der Waals surface area contributed by atoms with Gasteiger partial charge >= 0.3 is 0 Å². The van der Waals surface area contributed by atoms with Crippen molar-refractivity contribution in [3.05, 3.63) is 24.1 Å². The van der Waals surface area contributed by atoms with Gasteiger partial charge in [0.05, 0.1) is 11.9 Å². The Kier molecular flexibility index (Phi) is 2.88. The lowest BCUT2D eigenvalue weighted by Crippen LogP contribution is -2.04. The highest BCUT2D eigenvalue weighted by molar-refractivity contribution is 6.28. The maximum atomic E-state index is 5.55. The van der Waals surface area contributed by atoms with Crippen LogP contribution in [0.3, 0.4) is 0 Å². The van der Waals surface area contributed by atoms with Gasteiger partial charge in [-0.15, -0.1) is 6.58 Å². The smallest absolute Gasteiger partial charge is 0.224 e. The highest BCUT2D eigenvalue weighted by Crippen LogP contribution is 2.14. The van der Waals surface area contributed by atoms with E-state index in [4.69, 9.17) is 17.3 Å². The molecule has 0 atom stereocenters. The van der Waals surface area contributed by atoms with Crippen molar-refractivity contribution < 1.29 is 0 Å². The summed E-state index contributed by atoms with van der Waals surface area (Å²) in [5.41, 5.74) is 6.02. The molecule has 5 heteroatoms. The Hall–Kier alpha value is -1.29. The number of rotatable bonds is 3. The van der Waals surface area contributed by atoms with Crippen molar-refractivity contribution in [2.75, 3.05) is 17.6 Å². The molecule has 1 rings (SSSR count). The first kappa shape index (κ1) is 8.80. The van der Waals surface area contributed by atoms with Gasteiger partial charge in [0.2, 0.25) is 5.28 Å². The van der Waals surface area contributed by atoms with E-state index >= 15 is 0 Å². The van der Waals surface area contributed by atoms with Crippen molar-refractivity contribution in [1.82, 2.24) is 9.97 Å². The standard InChI is InChI=1S/C7H9ClN4/c1-2-3-10-6-5(9)4-11-7(8)12-6/h2,4H,1,3,9H2,(H,10,11,12). The van der Waals surface area contributed by atoms with Gasteiger partial charge in [-0.05, 0) is 11.6 Å². The predicted octanol–water partition coefficient (Wildman–Crippen LogP) is 1.31. The Bertz CT molecular complexity index is 287. The molecule has 64 valence electrons. The van der Waals surface area contributed by atoms with Crippen LogP contribution in [0.1, 0.15) is 0 Å². The van der Waals surface area contributed by atoms with Crippen molar-refractivity contribution >= 4 is 23.1 Å². The number of hydrogen-bond acceptors (Lipinski definition) is 4. The number of aromatic nitrogens is 2. The molecule has 0 aromatic carbocycles. The molecule has 0 radical (unpaired) electrons. The average Bonchev–Trinajstić information content (AvgIpc) is 2.07. The first-order chi connectivity index (χ1) is 5.74. The van der Waals surface area contributed by atoms with Crippen LogP contribution in [0.4, 0.5) is 11.5 Å². The third kappa shape index (κ3) is 2.10. The lowest BCUT2D eigenvalue weighted by molar-refractivity contribution is 1.14. The number of halogens is 1. The van der Waals surface area contributed by atoms with Gasteiger partial charge in [0, 0.05) is 6.54 Å². The highest BCUT2D eigenvalue weighted by atomic mass is 35.5. The van der Waals surface area contributed by atoms with E-state index in [0.29, 0.717) is 18.1 Å². The first-order valence-electron chi connectivity index (χ1n) is 3.37. The van der Waals surface area contributed by atoms with Gasteiger partial charge in [0.25, 0.3) is 0 Å². The maximum Gasteiger partial charge on any atom is 0.224 e. The number of nitrogen functional groups attached to an aromatic ring is 1. The fourth-order valence-corrected chi connectivity index (χ4v) is 0.813. The van der Waals surface area contributed by atoms with Crippen LogP contribution in [0.15, 0.2) is 18.9 Å². The van der Waals surface area contributed by atoms with Crippen LogP contribution < -0.4 is 11.1 Å². The predicted molar refractivity (Wildman–Crippen MR) is 50.1 cm³/mol. The minimum Gasteiger partial charge on any atom is -0.394 e. The van der Waals surface area contributed by atoms with Crippen molar-refractivity contribution in [3.63, 3.8) is 0 Å². The first-order valence-corrected chi connectivity index (χ1v) is 3.74. The zero-order chi connectivity index (χ0) is 8.97. The Morgan fingerprint density at radius 1 is 1.75 bits per heavy atom. The van der Waals surface area contributed by atoms with E-state index in [1.807, 2.05) is 0 Å². The second-order valence-corrected chi connectivity index (χ2v) is 2.45. The number of nitrogens with one attached hydrogen (secondary N) is 1. The molecule has 0 saturated heterocycles. The molecule has 0 bridgehead atoms. The minimum atomic E-state index is 0.177. The zero-order valence-electron chi connectivity index (χ0n) is 6.42. The van der Waals surface area contributed by atoms with Crippen LogP contribution in [0.2, 0.25) is 5.28 Å². The summed E-state index contributed by atoms with van der Waals surface area (Å²) >= 11 is 5.55. The Balaban J connectivity index is 2.82. The normalized spacial score (nSPS) is 9.42. The Morgan fingerprint density at radius 3 is 3.17 bits per heavy atom. The number of hydrogen-bond donors (Lipinski definition) is 2. The van der Waals surface area contributed by atoms with Crippen molar-refractivity contribution in [1.29, 1.82) is 0 Å². The lowest BCUT2D eigenvalue weighted by Gasteiger charge is -2.04. The number of anilines is 2. The van der Waals surface area contributed by atoms with Crippen LogP contribution in [-0.2, 0) is 0 Å². The molecule has 0 aliphatic heterocycles. The second kappa shape index (κ2) is 3.92. The summed E-state index contributed by atoms with van der Waals surface area (Å²) in [4.78, 5) is 7.59. The summed E-state index contributed by atoms with van der Waals surface area (Å²) in [6, 6.07) is 0. The van der Waals surface area contributed by atoms with E-state index < -0.39 is 0 Å². The van der Waals surface area contributed by atoms with Crippen molar-refractivity contribution in [3.8, 4) is 0 Å². The van der Waals surface area contributed by atoms with Crippen LogP contribution in [-0.4, -0.2) is 16.5 Å². The number of nitrogens with zero attached hydrogens (tertiary/aromatic N) is 2. The van der Waals surface area contributed by atoms with Crippen molar-refractivity contribution in [2.45, 2.75) is 0 Å². The van der Waals surface area contributed by atoms with E-state index in [9.17, 15) is 0 Å². The van der Waals surface area contributed by atoms with Gasteiger partial charge in [0.1, 0.15) is 0 Å². The van der Waals surface area contributed by atoms with E-state index in [-0.39, 0.29) is 5.28 Å². The van der Waals surface area contributed by atoms with Gasteiger partial charge in [-0.2, -0.15) is 4.98 Å². The van der Waals surface area contributed by atoms with E-state index in [1.165, 1.54) is 6.20 Å². The molecule has 0 fully saturated rings. The van der Waals surface area contributed by atoms with E-state index in [1.54, 1.807) is 6.08 Å². The Labute approximate surface area is 75.5 Å². The molecule has 0 aliphatic rings. The van der Waals surface area contributed by atoms with Crippen molar-refractivity contribution in [2.24, 2.45) is 0 Å². The topological polar surface area (TPSA) is 63.8 Å². The van der Waals surface area contributed by atoms with Gasteiger partial charge in [0.15, 0.2) is 5.82 Å². The third-order valence-corrected chi connectivity index (χ3v) is 1.38. The monoisotopic (exact) mass is 184 g/mol. The molecule has 0 saturated carbocycles. The van der Waals surface area contributed by atoms with Gasteiger partial charge in [-0.3, -0.25) is 0 Å². The van der Waals surface area contributed by atoms with Crippen LogP contribution in [0.5, 0.6) is 0 Å². The maximum absolute atomic E-state index is 5.55. The summed E-state index contributed by atoms with van der Waals surface area (Å²) in [5.74, 6) is 0.537. The van der Waals surface area contributed by atoms with Crippen LogP contribution >= 0.6 is 11.6 Å². The lowest BCUT2D eigenvalue weighted by atomic mass is 10.5. The zero-order valence-corrected chi connectivity index (χ0v) is 7.17.